The smallest absolute Gasteiger partial charge is 0.331 e. The van der Waals surface area contributed by atoms with E-state index in [0.717, 1.165) is 5.56 Å². The van der Waals surface area contributed by atoms with Crippen LogP contribution in [0.5, 0.6) is 5.75 Å². The van der Waals surface area contributed by atoms with Gasteiger partial charge in [-0.15, -0.1) is 0 Å². The van der Waals surface area contributed by atoms with Crippen LogP contribution in [0.1, 0.15) is 29.5 Å². The second-order valence-electron chi connectivity index (χ2n) is 7.17. The van der Waals surface area contributed by atoms with Crippen molar-refractivity contribution < 1.29 is 29.6 Å². The fourth-order valence-corrected chi connectivity index (χ4v) is 3.23. The van der Waals surface area contributed by atoms with Crippen LogP contribution in [0.3, 0.4) is 0 Å². The van der Waals surface area contributed by atoms with Crippen LogP contribution in [-0.4, -0.2) is 45.7 Å². The van der Waals surface area contributed by atoms with Crippen LogP contribution in [0, 0.1) is 11.3 Å². The Kier molecular flexibility index (Phi) is 7.20. The number of aliphatic hydroxyl groups is 2. The number of carbonyl (C=O) groups excluding carboxylic acids is 1. The number of esters is 1. The lowest BCUT2D eigenvalue weighted by Gasteiger charge is -2.36. The number of hydrogen-bond acceptors (Lipinski definition) is 7. The van der Waals surface area contributed by atoms with E-state index in [1.807, 2.05) is 0 Å². The van der Waals surface area contributed by atoms with Gasteiger partial charge >= 0.3 is 5.97 Å². The van der Waals surface area contributed by atoms with E-state index in [1.165, 1.54) is 24.3 Å². The standard InChI is InChI=1S/C23H23NO6/c24-13-16-1-3-17(4-2-16)14-29-19-11-20(26)23(28)21(12-19)30-22(27)10-7-15-5-8-18(25)9-6-15/h1-10,19-21,23,25-26,28H,11-12,14H2/b10-7+/t19-,20-,21+,23+/m0/s1. The molecule has 1 aliphatic carbocycles. The molecule has 1 saturated carbocycles. The lowest BCUT2D eigenvalue weighted by atomic mass is 9.89. The summed E-state index contributed by atoms with van der Waals surface area (Å²) in [5.41, 5.74) is 2.14. The molecule has 2 aromatic carbocycles. The molecule has 1 fully saturated rings. The molecule has 3 rings (SSSR count). The number of aromatic hydroxyl groups is 1. The number of nitrogens with zero attached hydrogens (tertiary/aromatic N) is 1. The van der Waals surface area contributed by atoms with Crippen molar-refractivity contribution >= 4 is 12.0 Å². The van der Waals surface area contributed by atoms with Gasteiger partial charge in [0.15, 0.2) is 0 Å². The highest BCUT2D eigenvalue weighted by molar-refractivity contribution is 5.87. The van der Waals surface area contributed by atoms with Crippen molar-refractivity contribution in [1.82, 2.24) is 0 Å². The number of ether oxygens (including phenoxy) is 2. The maximum Gasteiger partial charge on any atom is 0.331 e. The van der Waals surface area contributed by atoms with E-state index in [1.54, 1.807) is 36.4 Å². The quantitative estimate of drug-likeness (QED) is 0.494. The Hall–Kier alpha value is -3.18. The molecule has 2 aromatic rings. The molecule has 0 heterocycles. The average Bonchev–Trinajstić information content (AvgIpc) is 2.75. The lowest BCUT2D eigenvalue weighted by Crippen LogP contribution is -2.48. The van der Waals surface area contributed by atoms with E-state index < -0.39 is 30.4 Å². The average molecular weight is 409 g/mol. The van der Waals surface area contributed by atoms with Crippen molar-refractivity contribution in [1.29, 1.82) is 5.26 Å². The third-order valence-corrected chi connectivity index (χ3v) is 4.92. The van der Waals surface area contributed by atoms with E-state index in [4.69, 9.17) is 14.7 Å². The highest BCUT2D eigenvalue weighted by Crippen LogP contribution is 2.26. The zero-order valence-corrected chi connectivity index (χ0v) is 16.2. The first kappa shape index (κ1) is 21.5. The van der Waals surface area contributed by atoms with Crippen molar-refractivity contribution in [3.05, 3.63) is 71.3 Å². The largest absolute Gasteiger partial charge is 0.508 e. The first-order valence-electron chi connectivity index (χ1n) is 9.59. The van der Waals surface area contributed by atoms with Gasteiger partial charge in [-0.05, 0) is 41.5 Å². The van der Waals surface area contributed by atoms with Gasteiger partial charge in [-0.3, -0.25) is 0 Å². The summed E-state index contributed by atoms with van der Waals surface area (Å²) >= 11 is 0. The lowest BCUT2D eigenvalue weighted by molar-refractivity contribution is -0.171. The van der Waals surface area contributed by atoms with E-state index in [2.05, 4.69) is 6.07 Å². The number of phenolic OH excluding ortho intramolecular Hbond substituents is 1. The van der Waals surface area contributed by atoms with Gasteiger partial charge in [0, 0.05) is 18.9 Å². The zero-order chi connectivity index (χ0) is 21.5. The second kappa shape index (κ2) is 10.0. The van der Waals surface area contributed by atoms with Crippen molar-refractivity contribution in [3.63, 3.8) is 0 Å². The van der Waals surface area contributed by atoms with Crippen molar-refractivity contribution in [2.24, 2.45) is 0 Å². The first-order chi connectivity index (χ1) is 14.4. The molecule has 156 valence electrons. The summed E-state index contributed by atoms with van der Waals surface area (Å²) in [6, 6.07) is 15.3. The Labute approximate surface area is 174 Å². The van der Waals surface area contributed by atoms with E-state index in [-0.39, 0.29) is 25.2 Å². The summed E-state index contributed by atoms with van der Waals surface area (Å²) in [5.74, 6) is -0.520. The van der Waals surface area contributed by atoms with Crippen LogP contribution in [0.2, 0.25) is 0 Å². The van der Waals surface area contributed by atoms with Gasteiger partial charge in [-0.1, -0.05) is 24.3 Å². The first-order valence-corrected chi connectivity index (χ1v) is 9.59. The molecular weight excluding hydrogens is 386 g/mol. The third kappa shape index (κ3) is 5.91. The fourth-order valence-electron chi connectivity index (χ4n) is 3.23. The Morgan fingerprint density at radius 3 is 2.47 bits per heavy atom. The van der Waals surface area contributed by atoms with E-state index in [9.17, 15) is 20.1 Å². The predicted molar refractivity (Wildman–Crippen MR) is 108 cm³/mol. The molecule has 7 heteroatoms. The normalized spacial score (nSPS) is 23.8. The number of nitriles is 1. The monoisotopic (exact) mass is 409 g/mol. The van der Waals surface area contributed by atoms with Crippen LogP contribution in [0.4, 0.5) is 0 Å². The van der Waals surface area contributed by atoms with Crippen LogP contribution in [-0.2, 0) is 20.9 Å². The van der Waals surface area contributed by atoms with Gasteiger partial charge in [-0.2, -0.15) is 5.26 Å². The number of carbonyl (C=O) groups is 1. The second-order valence-corrected chi connectivity index (χ2v) is 7.17. The minimum absolute atomic E-state index is 0.126. The van der Waals surface area contributed by atoms with Crippen molar-refractivity contribution in [3.8, 4) is 11.8 Å². The van der Waals surface area contributed by atoms with E-state index >= 15 is 0 Å². The molecule has 30 heavy (non-hydrogen) atoms. The Bertz CT molecular complexity index is 916. The Morgan fingerprint density at radius 2 is 1.80 bits per heavy atom. The highest BCUT2D eigenvalue weighted by Gasteiger charge is 2.38. The maximum absolute atomic E-state index is 12.1. The van der Waals surface area contributed by atoms with Crippen LogP contribution < -0.4 is 0 Å². The number of phenols is 1. The van der Waals surface area contributed by atoms with Crippen molar-refractivity contribution in [2.45, 2.75) is 43.9 Å². The Balaban J connectivity index is 1.55. The molecule has 0 spiro atoms. The molecule has 3 N–H and O–H groups in total. The van der Waals surface area contributed by atoms with Crippen LogP contribution in [0.25, 0.3) is 6.08 Å². The summed E-state index contributed by atoms with van der Waals surface area (Å²) in [6.45, 7) is 0.278. The topological polar surface area (TPSA) is 120 Å². The number of benzene rings is 2. The maximum atomic E-state index is 12.1. The van der Waals surface area contributed by atoms with Gasteiger partial charge in [0.2, 0.25) is 0 Å². The van der Waals surface area contributed by atoms with Gasteiger partial charge in [-0.25, -0.2) is 4.79 Å². The molecule has 4 atom stereocenters. The third-order valence-electron chi connectivity index (χ3n) is 4.92. The minimum atomic E-state index is -1.19. The summed E-state index contributed by atoms with van der Waals surface area (Å²) < 4.78 is 11.2. The molecule has 7 nitrogen and oxygen atoms in total. The number of aliphatic hydroxyl groups excluding tert-OH is 2. The number of rotatable bonds is 6. The van der Waals surface area contributed by atoms with E-state index in [0.29, 0.717) is 11.1 Å². The molecule has 0 radical (unpaired) electrons. The molecule has 0 aliphatic heterocycles. The summed E-state index contributed by atoms with van der Waals surface area (Å²) in [7, 11) is 0. The van der Waals surface area contributed by atoms with Crippen LogP contribution >= 0.6 is 0 Å². The van der Waals surface area contributed by atoms with Crippen LogP contribution in [0.15, 0.2) is 54.6 Å². The number of hydrogen-bond donors (Lipinski definition) is 3. The molecule has 0 saturated heterocycles. The highest BCUT2D eigenvalue weighted by atomic mass is 16.6. The predicted octanol–water partition coefficient (Wildman–Crippen LogP) is 2.29. The summed E-state index contributed by atoms with van der Waals surface area (Å²) in [5, 5.41) is 38.4. The molecular formula is C23H23NO6. The fraction of sp³-hybridized carbons (Fsp3) is 0.304. The zero-order valence-electron chi connectivity index (χ0n) is 16.2. The van der Waals surface area contributed by atoms with Gasteiger partial charge < -0.3 is 24.8 Å². The molecule has 0 amide bonds. The van der Waals surface area contributed by atoms with Crippen molar-refractivity contribution in [2.75, 3.05) is 0 Å². The SMILES string of the molecule is N#Cc1ccc(CO[C@H]2C[C@H](O)[C@@H](O)[C@H](OC(=O)/C=C/c3ccc(O)cc3)C2)cc1. The summed E-state index contributed by atoms with van der Waals surface area (Å²) in [4.78, 5) is 12.1. The van der Waals surface area contributed by atoms with Gasteiger partial charge in [0.25, 0.3) is 0 Å². The van der Waals surface area contributed by atoms with Gasteiger partial charge in [0.05, 0.1) is 30.4 Å². The molecule has 0 aromatic heterocycles. The minimum Gasteiger partial charge on any atom is -0.508 e. The Morgan fingerprint density at radius 1 is 1.10 bits per heavy atom. The molecule has 1 aliphatic rings. The molecule has 0 bridgehead atoms. The summed E-state index contributed by atoms with van der Waals surface area (Å²) in [6.07, 6.45) is -0.287. The van der Waals surface area contributed by atoms with Gasteiger partial charge in [0.1, 0.15) is 18.0 Å². The molecule has 0 unspecified atom stereocenters.